The first-order valence-corrected chi connectivity index (χ1v) is 9.56. The van der Waals surface area contributed by atoms with Crippen molar-refractivity contribution < 1.29 is 36.9 Å². The largest absolute Gasteiger partial charge is 0.393 e. The number of Topliss-reactive ketones (excluding diaryl/α,β-unsaturated/α-hetero) is 1. The Hall–Kier alpha value is -1.08. The summed E-state index contributed by atoms with van der Waals surface area (Å²) in [6, 6.07) is 0. The predicted octanol–water partition coefficient (Wildman–Crippen LogP) is 0.752. The molecule has 0 aliphatic heterocycles. The Morgan fingerprint density at radius 1 is 1.44 bits per heavy atom. The fourth-order valence-electron chi connectivity index (χ4n) is 6.61. The first kappa shape index (κ1) is 14.0. The Morgan fingerprint density at radius 2 is 2.19 bits per heavy atom. The first-order chi connectivity index (χ1) is 14.6. The fraction of sp³-hybridized carbons (Fsp3) is 0.810. The van der Waals surface area contributed by atoms with Gasteiger partial charge in [-0.3, -0.25) is 9.59 Å². The van der Waals surface area contributed by atoms with Crippen LogP contribution in [-0.2, 0) is 9.59 Å². The van der Waals surface area contributed by atoms with Gasteiger partial charge in [-0.25, -0.2) is 0 Å². The quantitative estimate of drug-likeness (QED) is 0.559. The number of carbonyl (C=O) groups excluding carboxylic acids is 2. The third kappa shape index (κ3) is 2.33. The molecular weight excluding hydrogens is 348 g/mol. The second-order valence-corrected chi connectivity index (χ2v) is 8.94. The minimum atomic E-state index is -2.97. The molecule has 150 valence electrons. The van der Waals surface area contributed by atoms with Gasteiger partial charge in [0.2, 0.25) is 0 Å². The van der Waals surface area contributed by atoms with Gasteiger partial charge in [0, 0.05) is 18.7 Å². The van der Waals surface area contributed by atoms with Gasteiger partial charge in [0.25, 0.3) is 0 Å². The van der Waals surface area contributed by atoms with Crippen LogP contribution in [0.1, 0.15) is 59.1 Å². The number of fused-ring (bicyclic) bond motifs is 5. The molecule has 0 aromatic carbocycles. The molecule has 4 aliphatic carbocycles. The molecule has 0 spiro atoms. The zero-order chi connectivity index (χ0) is 24.1. The molecule has 3 fully saturated rings. The van der Waals surface area contributed by atoms with Crippen LogP contribution in [0.3, 0.4) is 0 Å². The third-order valence-corrected chi connectivity index (χ3v) is 7.88. The molecule has 4 aliphatic rings. The maximum atomic E-state index is 12.5. The molecule has 4 N–H and O–H groups in total. The number of aliphatic hydroxyl groups is 4. The highest BCUT2D eigenvalue weighted by atomic mass is 16.3. The smallest absolute Gasteiger partial charge is 0.190 e. The van der Waals surface area contributed by atoms with Crippen molar-refractivity contribution >= 4 is 11.6 Å². The van der Waals surface area contributed by atoms with Crippen molar-refractivity contribution in [2.45, 2.75) is 70.1 Å². The molecule has 3 saturated carbocycles. The van der Waals surface area contributed by atoms with E-state index in [1.54, 1.807) is 6.92 Å². The molecule has 0 amide bonds. The Kier molecular flexibility index (Phi) is 3.09. The van der Waals surface area contributed by atoms with E-state index in [-0.39, 0.29) is 24.8 Å². The summed E-state index contributed by atoms with van der Waals surface area (Å²) in [5, 5.41) is 43.1. The zero-order valence-electron chi connectivity index (χ0n) is 20.3. The molecule has 0 aromatic heterocycles. The van der Waals surface area contributed by atoms with Gasteiger partial charge in [-0.2, -0.15) is 0 Å². The van der Waals surface area contributed by atoms with Crippen LogP contribution in [0, 0.1) is 28.6 Å². The van der Waals surface area contributed by atoms with Gasteiger partial charge in [0.15, 0.2) is 11.6 Å². The standard InChI is InChI=1S/C21H30O6/c1-19-5-3-11(23)7-14(19)15(24)8-12-13-4-6-21(27,17(26)10-22)20(13,2)9-16(25)18(12)19/h7,12-13,15-16,18,22,24-25,27H,3-6,8-10H2,1-2H3/t12-,13-,15-,16-,18+,19-,20-,21-/m0/s1/i1D3,5D2. The van der Waals surface area contributed by atoms with Crippen LogP contribution in [-0.4, -0.2) is 56.4 Å². The monoisotopic (exact) mass is 383 g/mol. The van der Waals surface area contributed by atoms with E-state index in [1.807, 2.05) is 0 Å². The molecule has 0 aromatic rings. The second kappa shape index (κ2) is 5.96. The Balaban J connectivity index is 1.93. The van der Waals surface area contributed by atoms with Crippen LogP contribution in [0.4, 0.5) is 0 Å². The maximum Gasteiger partial charge on any atom is 0.190 e. The average Bonchev–Trinajstić information content (AvgIpc) is 2.91. The van der Waals surface area contributed by atoms with Gasteiger partial charge in [-0.05, 0) is 66.9 Å². The van der Waals surface area contributed by atoms with E-state index in [9.17, 15) is 30.0 Å². The van der Waals surface area contributed by atoms with Crippen molar-refractivity contribution in [2.24, 2.45) is 28.6 Å². The second-order valence-electron chi connectivity index (χ2n) is 8.94. The van der Waals surface area contributed by atoms with Gasteiger partial charge in [-0.1, -0.05) is 13.8 Å². The minimum Gasteiger partial charge on any atom is -0.393 e. The summed E-state index contributed by atoms with van der Waals surface area (Å²) in [5.41, 5.74) is -5.56. The lowest BCUT2D eigenvalue weighted by molar-refractivity contribution is -0.187. The molecule has 0 heterocycles. The highest BCUT2D eigenvalue weighted by Crippen LogP contribution is 2.67. The van der Waals surface area contributed by atoms with E-state index in [0.29, 0.717) is 6.42 Å². The molecule has 8 atom stereocenters. The normalized spacial score (nSPS) is 56.9. The molecule has 0 radical (unpaired) electrons. The Bertz CT molecular complexity index is 886. The van der Waals surface area contributed by atoms with E-state index in [0.717, 1.165) is 6.08 Å². The van der Waals surface area contributed by atoms with Crippen molar-refractivity contribution in [2.75, 3.05) is 6.61 Å². The summed E-state index contributed by atoms with van der Waals surface area (Å²) in [6.45, 7) is -2.21. The first-order valence-electron chi connectivity index (χ1n) is 12.1. The summed E-state index contributed by atoms with van der Waals surface area (Å²) in [5.74, 6) is -3.71. The number of hydrogen-bond acceptors (Lipinski definition) is 6. The van der Waals surface area contributed by atoms with Crippen LogP contribution in [0.2, 0.25) is 0 Å². The zero-order valence-corrected chi connectivity index (χ0v) is 15.3. The van der Waals surface area contributed by atoms with E-state index in [4.69, 9.17) is 6.85 Å². The summed E-state index contributed by atoms with van der Waals surface area (Å²) in [7, 11) is 0. The number of aliphatic hydroxyl groups excluding tert-OH is 3. The van der Waals surface area contributed by atoms with Crippen molar-refractivity contribution in [1.82, 2.24) is 0 Å². The van der Waals surface area contributed by atoms with Crippen LogP contribution >= 0.6 is 0 Å². The lowest BCUT2D eigenvalue weighted by Crippen LogP contribution is -2.63. The lowest BCUT2D eigenvalue weighted by Gasteiger charge is -2.61. The van der Waals surface area contributed by atoms with Crippen LogP contribution in [0.15, 0.2) is 11.6 Å². The van der Waals surface area contributed by atoms with Gasteiger partial charge < -0.3 is 20.4 Å². The van der Waals surface area contributed by atoms with Crippen LogP contribution in [0.5, 0.6) is 0 Å². The highest BCUT2D eigenvalue weighted by Gasteiger charge is 2.68. The van der Waals surface area contributed by atoms with Crippen LogP contribution < -0.4 is 0 Å². The lowest BCUT2D eigenvalue weighted by atomic mass is 9.45. The SMILES string of the molecule is [2H]C([2H])([2H])[C@@]12C(=CC(=O)CC1([2H])[2H])[C@@H](O)C[C@@H]1[C@@H]2[C@@H](O)C[C@@]2(C)[C@H]1CC[C@]2(O)C(=O)CO. The van der Waals surface area contributed by atoms with Crippen molar-refractivity contribution in [3.8, 4) is 0 Å². The summed E-state index contributed by atoms with van der Waals surface area (Å²) >= 11 is 0. The van der Waals surface area contributed by atoms with Crippen molar-refractivity contribution in [3.05, 3.63) is 11.6 Å². The van der Waals surface area contributed by atoms with Gasteiger partial charge >= 0.3 is 0 Å². The Labute approximate surface area is 166 Å². The number of hydrogen-bond donors (Lipinski definition) is 4. The molecule has 6 nitrogen and oxygen atoms in total. The van der Waals surface area contributed by atoms with Crippen molar-refractivity contribution in [3.63, 3.8) is 0 Å². The minimum absolute atomic E-state index is 0.0155. The number of ketones is 2. The number of carbonyl (C=O) groups is 2. The highest BCUT2D eigenvalue weighted by molar-refractivity contribution is 5.92. The number of rotatable bonds is 2. The van der Waals surface area contributed by atoms with Gasteiger partial charge in [-0.15, -0.1) is 0 Å². The Morgan fingerprint density at radius 3 is 2.85 bits per heavy atom. The maximum absolute atomic E-state index is 12.5. The molecule has 27 heavy (non-hydrogen) atoms. The molecule has 6 heteroatoms. The van der Waals surface area contributed by atoms with Gasteiger partial charge in [0.1, 0.15) is 12.2 Å². The fourth-order valence-corrected chi connectivity index (χ4v) is 6.61. The molecule has 0 bridgehead atoms. The van der Waals surface area contributed by atoms with Gasteiger partial charge in [0.05, 0.1) is 12.2 Å². The molecular formula is C21H30O6. The predicted molar refractivity (Wildman–Crippen MR) is 96.5 cm³/mol. The van der Waals surface area contributed by atoms with Crippen molar-refractivity contribution in [1.29, 1.82) is 0 Å². The van der Waals surface area contributed by atoms with E-state index < -0.39 is 84.2 Å². The summed E-state index contributed by atoms with van der Waals surface area (Å²) in [6.07, 6.45) is -4.85. The van der Waals surface area contributed by atoms with E-state index >= 15 is 0 Å². The average molecular weight is 383 g/mol. The molecule has 4 rings (SSSR count). The summed E-state index contributed by atoms with van der Waals surface area (Å²) in [4.78, 5) is 24.7. The molecule has 0 unspecified atom stereocenters. The molecule has 0 saturated heterocycles. The van der Waals surface area contributed by atoms with Crippen LogP contribution in [0.25, 0.3) is 0 Å². The third-order valence-electron chi connectivity index (χ3n) is 7.88. The summed E-state index contributed by atoms with van der Waals surface area (Å²) < 4.78 is 42.5. The van der Waals surface area contributed by atoms with E-state index in [2.05, 4.69) is 0 Å². The van der Waals surface area contributed by atoms with E-state index in [1.165, 1.54) is 0 Å². The topological polar surface area (TPSA) is 115 Å².